The molecule has 2 aliphatic heterocycles. The number of anilines is 2. The number of guanidine groups is 1. The number of aromatic nitrogens is 1. The third kappa shape index (κ3) is 6.84. The molecule has 0 bridgehead atoms. The van der Waals surface area contributed by atoms with Crippen molar-refractivity contribution >= 4 is 17.5 Å². The first kappa shape index (κ1) is 23.4. The normalized spacial score (nSPS) is 18.0. The van der Waals surface area contributed by atoms with Crippen LogP contribution in [0.1, 0.15) is 19.8 Å². The van der Waals surface area contributed by atoms with Crippen molar-refractivity contribution in [2.75, 3.05) is 81.8 Å². The van der Waals surface area contributed by atoms with Crippen molar-refractivity contribution in [3.05, 3.63) is 54.7 Å². The minimum absolute atomic E-state index is 0.896. The zero-order chi connectivity index (χ0) is 22.7. The highest BCUT2D eigenvalue weighted by atomic mass is 15.4. The van der Waals surface area contributed by atoms with E-state index in [1.807, 2.05) is 12.3 Å². The molecule has 1 aromatic heterocycles. The van der Waals surface area contributed by atoms with Crippen molar-refractivity contribution in [2.24, 2.45) is 4.99 Å². The van der Waals surface area contributed by atoms with Crippen LogP contribution in [0, 0.1) is 0 Å². The molecular weight excluding hydrogens is 410 g/mol. The SMILES string of the molecule is CCNC(=NCCCCN1CCN(c2ccccc2)CC1)N1CCN(c2ccccn2)CC1. The van der Waals surface area contributed by atoms with Crippen molar-refractivity contribution in [3.63, 3.8) is 0 Å². The molecule has 4 rings (SSSR count). The lowest BCUT2D eigenvalue weighted by Crippen LogP contribution is -2.52. The fraction of sp³-hybridized carbons (Fsp3) is 0.538. The third-order valence-electron chi connectivity index (χ3n) is 6.53. The zero-order valence-corrected chi connectivity index (χ0v) is 20.1. The molecule has 0 amide bonds. The number of piperazine rings is 2. The number of pyridine rings is 1. The number of rotatable bonds is 8. The highest BCUT2D eigenvalue weighted by Gasteiger charge is 2.20. The number of nitrogens with one attached hydrogen (secondary N) is 1. The Kier molecular flexibility index (Phi) is 8.81. The molecule has 2 aliphatic rings. The summed E-state index contributed by atoms with van der Waals surface area (Å²) in [4.78, 5) is 19.3. The number of hydrogen-bond donors (Lipinski definition) is 1. The Morgan fingerprint density at radius 2 is 1.58 bits per heavy atom. The molecule has 0 aliphatic carbocycles. The minimum Gasteiger partial charge on any atom is -0.369 e. The molecule has 1 N–H and O–H groups in total. The molecule has 0 spiro atoms. The van der Waals surface area contributed by atoms with Gasteiger partial charge in [-0.25, -0.2) is 4.98 Å². The molecule has 33 heavy (non-hydrogen) atoms. The lowest BCUT2D eigenvalue weighted by atomic mass is 10.2. The molecule has 2 aromatic rings. The highest BCUT2D eigenvalue weighted by Crippen LogP contribution is 2.16. The summed E-state index contributed by atoms with van der Waals surface area (Å²) in [5.74, 6) is 2.14. The van der Waals surface area contributed by atoms with Crippen LogP contribution in [-0.2, 0) is 0 Å². The van der Waals surface area contributed by atoms with Crippen LogP contribution in [0.15, 0.2) is 59.7 Å². The first-order valence-corrected chi connectivity index (χ1v) is 12.5. The summed E-state index contributed by atoms with van der Waals surface area (Å²) in [5.41, 5.74) is 1.35. The first-order chi connectivity index (χ1) is 16.3. The van der Waals surface area contributed by atoms with Gasteiger partial charge < -0.3 is 20.0 Å². The van der Waals surface area contributed by atoms with Crippen LogP contribution >= 0.6 is 0 Å². The summed E-state index contributed by atoms with van der Waals surface area (Å²) in [6.07, 6.45) is 4.22. The molecule has 7 nitrogen and oxygen atoms in total. The van der Waals surface area contributed by atoms with Gasteiger partial charge in [-0.15, -0.1) is 0 Å². The van der Waals surface area contributed by atoms with Gasteiger partial charge in [0.15, 0.2) is 5.96 Å². The Bertz CT molecular complexity index is 826. The zero-order valence-electron chi connectivity index (χ0n) is 20.1. The molecule has 178 valence electrons. The summed E-state index contributed by atoms with van der Waals surface area (Å²) in [5, 5.41) is 3.49. The second kappa shape index (κ2) is 12.4. The standard InChI is InChI=1S/C26H39N7/c1-2-27-26(33-22-20-32(21-23-33)25-12-6-7-13-28-25)29-14-8-9-15-30-16-18-31(19-17-30)24-10-4-3-5-11-24/h3-7,10-13H,2,8-9,14-23H2,1H3,(H,27,29). The van der Waals surface area contributed by atoms with Crippen LogP contribution < -0.4 is 15.1 Å². The van der Waals surface area contributed by atoms with E-state index in [9.17, 15) is 0 Å². The van der Waals surface area contributed by atoms with E-state index in [0.29, 0.717) is 0 Å². The minimum atomic E-state index is 0.896. The number of benzene rings is 1. The van der Waals surface area contributed by atoms with Crippen LogP contribution in [0.4, 0.5) is 11.5 Å². The Morgan fingerprint density at radius 1 is 0.848 bits per heavy atom. The topological polar surface area (TPSA) is 50.2 Å². The van der Waals surface area contributed by atoms with E-state index in [-0.39, 0.29) is 0 Å². The van der Waals surface area contributed by atoms with E-state index in [1.165, 1.54) is 18.7 Å². The van der Waals surface area contributed by atoms with Gasteiger partial charge in [0.25, 0.3) is 0 Å². The van der Waals surface area contributed by atoms with Gasteiger partial charge in [0.1, 0.15) is 5.82 Å². The summed E-state index contributed by atoms with van der Waals surface area (Å²) in [6, 6.07) is 16.9. The molecule has 2 saturated heterocycles. The molecule has 0 radical (unpaired) electrons. The Hall–Kier alpha value is -2.80. The molecule has 0 atom stereocenters. The first-order valence-electron chi connectivity index (χ1n) is 12.5. The van der Waals surface area contributed by atoms with E-state index in [2.05, 4.69) is 79.3 Å². The molecule has 0 unspecified atom stereocenters. The van der Waals surface area contributed by atoms with E-state index >= 15 is 0 Å². The molecule has 7 heteroatoms. The predicted molar refractivity (Wildman–Crippen MR) is 138 cm³/mol. The van der Waals surface area contributed by atoms with Gasteiger partial charge in [-0.3, -0.25) is 9.89 Å². The molecule has 1 aromatic carbocycles. The number of aliphatic imine (C=N–C) groups is 1. The highest BCUT2D eigenvalue weighted by molar-refractivity contribution is 5.80. The van der Waals surface area contributed by atoms with E-state index in [4.69, 9.17) is 4.99 Å². The monoisotopic (exact) mass is 449 g/mol. The van der Waals surface area contributed by atoms with Crippen molar-refractivity contribution < 1.29 is 0 Å². The maximum atomic E-state index is 4.94. The fourth-order valence-electron chi connectivity index (χ4n) is 4.61. The molecule has 0 saturated carbocycles. The fourth-order valence-corrected chi connectivity index (χ4v) is 4.61. The van der Waals surface area contributed by atoms with Gasteiger partial charge in [0.2, 0.25) is 0 Å². The van der Waals surface area contributed by atoms with Gasteiger partial charge in [-0.05, 0) is 50.6 Å². The van der Waals surface area contributed by atoms with E-state index in [0.717, 1.165) is 83.6 Å². The summed E-state index contributed by atoms with van der Waals surface area (Å²) in [7, 11) is 0. The summed E-state index contributed by atoms with van der Waals surface area (Å²) < 4.78 is 0. The summed E-state index contributed by atoms with van der Waals surface area (Å²) in [6.45, 7) is 13.6. The largest absolute Gasteiger partial charge is 0.369 e. The van der Waals surface area contributed by atoms with Gasteiger partial charge >= 0.3 is 0 Å². The van der Waals surface area contributed by atoms with Crippen molar-refractivity contribution in [2.45, 2.75) is 19.8 Å². The second-order valence-corrected chi connectivity index (χ2v) is 8.77. The Morgan fingerprint density at radius 3 is 2.27 bits per heavy atom. The van der Waals surface area contributed by atoms with Crippen LogP contribution in [-0.4, -0.2) is 92.7 Å². The predicted octanol–water partition coefficient (Wildman–Crippen LogP) is 2.77. The lowest BCUT2D eigenvalue weighted by molar-refractivity contribution is 0.253. The Labute approximate surface area is 199 Å². The quantitative estimate of drug-likeness (QED) is 0.380. The van der Waals surface area contributed by atoms with Gasteiger partial charge in [-0.1, -0.05) is 24.3 Å². The van der Waals surface area contributed by atoms with Gasteiger partial charge in [-0.2, -0.15) is 0 Å². The number of para-hydroxylation sites is 1. The average molecular weight is 450 g/mol. The van der Waals surface area contributed by atoms with Gasteiger partial charge in [0, 0.05) is 77.3 Å². The lowest BCUT2D eigenvalue weighted by Gasteiger charge is -2.37. The third-order valence-corrected chi connectivity index (χ3v) is 6.53. The van der Waals surface area contributed by atoms with E-state index < -0.39 is 0 Å². The second-order valence-electron chi connectivity index (χ2n) is 8.77. The number of unbranched alkanes of at least 4 members (excludes halogenated alkanes) is 1. The van der Waals surface area contributed by atoms with Crippen molar-refractivity contribution in [3.8, 4) is 0 Å². The molecule has 3 heterocycles. The average Bonchev–Trinajstić information content (AvgIpc) is 2.89. The number of hydrogen-bond acceptors (Lipinski definition) is 5. The Balaban J connectivity index is 1.15. The van der Waals surface area contributed by atoms with Crippen LogP contribution in [0.2, 0.25) is 0 Å². The summed E-state index contributed by atoms with van der Waals surface area (Å²) >= 11 is 0. The maximum Gasteiger partial charge on any atom is 0.194 e. The van der Waals surface area contributed by atoms with Crippen molar-refractivity contribution in [1.82, 2.24) is 20.1 Å². The molecule has 2 fully saturated rings. The molecular formula is C26H39N7. The number of nitrogens with zero attached hydrogens (tertiary/aromatic N) is 6. The van der Waals surface area contributed by atoms with Crippen LogP contribution in [0.5, 0.6) is 0 Å². The van der Waals surface area contributed by atoms with Crippen LogP contribution in [0.3, 0.4) is 0 Å². The van der Waals surface area contributed by atoms with Crippen LogP contribution in [0.25, 0.3) is 0 Å². The van der Waals surface area contributed by atoms with Crippen molar-refractivity contribution in [1.29, 1.82) is 0 Å². The smallest absolute Gasteiger partial charge is 0.194 e. The van der Waals surface area contributed by atoms with Gasteiger partial charge in [0.05, 0.1) is 0 Å². The van der Waals surface area contributed by atoms with E-state index in [1.54, 1.807) is 0 Å². The maximum absolute atomic E-state index is 4.94.